The van der Waals surface area contributed by atoms with Gasteiger partial charge in [0, 0.05) is 43.2 Å². The van der Waals surface area contributed by atoms with E-state index in [1.807, 2.05) is 16.5 Å². The van der Waals surface area contributed by atoms with Crippen LogP contribution < -0.4 is 15.6 Å². The number of benzene rings is 2. The van der Waals surface area contributed by atoms with E-state index in [9.17, 15) is 14.7 Å². The summed E-state index contributed by atoms with van der Waals surface area (Å²) in [7, 11) is 1.92. The molecule has 2 N–H and O–H groups in total. The van der Waals surface area contributed by atoms with Gasteiger partial charge in [0.2, 0.25) is 5.43 Å². The van der Waals surface area contributed by atoms with E-state index in [2.05, 4.69) is 29.6 Å². The molecule has 5 rings (SSSR count). The molecule has 0 spiro atoms. The number of carboxylic acid groups (broad SMARTS) is 1. The first-order valence-electron chi connectivity index (χ1n) is 11.1. The van der Waals surface area contributed by atoms with Gasteiger partial charge in [-0.3, -0.25) is 4.79 Å². The summed E-state index contributed by atoms with van der Waals surface area (Å²) in [4.78, 5) is 26.2. The van der Waals surface area contributed by atoms with Crippen LogP contribution in [0.25, 0.3) is 10.9 Å². The number of hydrogen-bond acceptors (Lipinski definition) is 4. The van der Waals surface area contributed by atoms with Crippen LogP contribution in [0.1, 0.15) is 52.7 Å². The van der Waals surface area contributed by atoms with Crippen LogP contribution >= 0.6 is 0 Å². The van der Waals surface area contributed by atoms with Gasteiger partial charge in [0.25, 0.3) is 0 Å². The summed E-state index contributed by atoms with van der Waals surface area (Å²) in [6, 6.07) is 11.7. The number of nitrogens with zero attached hydrogens (tertiary/aromatic N) is 2. The SMILES string of the molecule is CNCc1ccc(C2CCN(c3cc4c(cc3F)c(=O)c(C(=O)O)cn4C3CC3)C2)cc1. The minimum atomic E-state index is -1.28. The summed E-state index contributed by atoms with van der Waals surface area (Å²) in [5.74, 6) is -1.45. The molecule has 2 aliphatic rings. The maximum absolute atomic E-state index is 15.2. The summed E-state index contributed by atoms with van der Waals surface area (Å²) in [6.45, 7) is 2.26. The second-order valence-corrected chi connectivity index (χ2v) is 8.84. The highest BCUT2D eigenvalue weighted by Gasteiger charge is 2.30. The second kappa shape index (κ2) is 8.06. The molecule has 1 aliphatic carbocycles. The molecular weight excluding hydrogens is 409 g/mol. The van der Waals surface area contributed by atoms with Gasteiger partial charge in [-0.1, -0.05) is 24.3 Å². The zero-order chi connectivity index (χ0) is 22.4. The molecule has 1 saturated carbocycles. The predicted molar refractivity (Wildman–Crippen MR) is 122 cm³/mol. The van der Waals surface area contributed by atoms with E-state index in [0.717, 1.165) is 32.4 Å². The maximum Gasteiger partial charge on any atom is 0.341 e. The molecule has 1 aromatic heterocycles. The number of halogens is 1. The van der Waals surface area contributed by atoms with Crippen LogP contribution in [-0.4, -0.2) is 35.8 Å². The van der Waals surface area contributed by atoms with E-state index in [-0.39, 0.29) is 17.0 Å². The van der Waals surface area contributed by atoms with Crippen molar-refractivity contribution >= 4 is 22.6 Å². The fraction of sp³-hybridized carbons (Fsp3) is 0.360. The normalized spacial score (nSPS) is 18.4. The van der Waals surface area contributed by atoms with Crippen LogP contribution in [0.3, 0.4) is 0 Å². The topological polar surface area (TPSA) is 74.6 Å². The Labute approximate surface area is 185 Å². The average molecular weight is 435 g/mol. The third kappa shape index (κ3) is 3.66. The Hall–Kier alpha value is -3.19. The van der Waals surface area contributed by atoms with Crippen LogP contribution in [0.4, 0.5) is 10.1 Å². The lowest BCUT2D eigenvalue weighted by atomic mass is 9.97. The molecule has 1 aliphatic heterocycles. The maximum atomic E-state index is 15.2. The van der Waals surface area contributed by atoms with Crippen LogP contribution in [-0.2, 0) is 6.54 Å². The largest absolute Gasteiger partial charge is 0.477 e. The Morgan fingerprint density at radius 2 is 1.94 bits per heavy atom. The van der Waals surface area contributed by atoms with E-state index in [4.69, 9.17) is 0 Å². The molecule has 2 aromatic carbocycles. The standard InChI is InChI=1S/C25H26FN3O3/c1-27-12-15-2-4-16(5-3-15)17-8-9-28(13-17)23-11-22-19(10-21(23)26)24(30)20(25(31)32)14-29(22)18-6-7-18/h2-5,10-11,14,17-18,27H,6-9,12-13H2,1H3,(H,31,32). The molecule has 2 heterocycles. The highest BCUT2D eigenvalue weighted by molar-refractivity contribution is 5.93. The van der Waals surface area contributed by atoms with Gasteiger partial charge in [-0.15, -0.1) is 0 Å². The first-order chi connectivity index (χ1) is 15.5. The minimum Gasteiger partial charge on any atom is -0.477 e. The van der Waals surface area contributed by atoms with Crippen molar-refractivity contribution in [3.63, 3.8) is 0 Å². The number of hydrogen-bond donors (Lipinski definition) is 2. The molecule has 2 fully saturated rings. The van der Waals surface area contributed by atoms with Gasteiger partial charge in [-0.2, -0.15) is 0 Å². The summed E-state index contributed by atoms with van der Waals surface area (Å²) in [5.41, 5.74) is 2.62. The summed E-state index contributed by atoms with van der Waals surface area (Å²) >= 11 is 0. The van der Waals surface area contributed by atoms with Crippen molar-refractivity contribution in [2.24, 2.45) is 0 Å². The van der Waals surface area contributed by atoms with Crippen molar-refractivity contribution in [2.75, 3.05) is 25.0 Å². The number of rotatable bonds is 6. The zero-order valence-electron chi connectivity index (χ0n) is 18.0. The van der Waals surface area contributed by atoms with Gasteiger partial charge in [0.15, 0.2) is 0 Å². The minimum absolute atomic E-state index is 0.133. The molecule has 1 saturated heterocycles. The number of pyridine rings is 1. The molecule has 1 atom stereocenters. The summed E-state index contributed by atoms with van der Waals surface area (Å²) < 4.78 is 17.0. The number of anilines is 1. The van der Waals surface area contributed by atoms with Crippen LogP contribution in [0.2, 0.25) is 0 Å². The quantitative estimate of drug-likeness (QED) is 0.615. The first-order valence-corrected chi connectivity index (χ1v) is 11.1. The van der Waals surface area contributed by atoms with E-state index in [0.29, 0.717) is 23.7 Å². The van der Waals surface area contributed by atoms with E-state index in [1.54, 1.807) is 6.07 Å². The number of aromatic carboxylic acids is 1. The fourth-order valence-electron chi connectivity index (χ4n) is 4.77. The number of nitrogens with one attached hydrogen (secondary N) is 1. The summed E-state index contributed by atoms with van der Waals surface area (Å²) in [6.07, 6.45) is 4.21. The van der Waals surface area contributed by atoms with E-state index >= 15 is 4.39 Å². The van der Waals surface area contributed by atoms with Crippen molar-refractivity contribution in [2.45, 2.75) is 37.8 Å². The van der Waals surface area contributed by atoms with Crippen LogP contribution in [0, 0.1) is 5.82 Å². The predicted octanol–water partition coefficient (Wildman–Crippen LogP) is 3.89. The van der Waals surface area contributed by atoms with E-state index < -0.39 is 17.2 Å². The number of carbonyl (C=O) groups is 1. The smallest absolute Gasteiger partial charge is 0.341 e. The lowest BCUT2D eigenvalue weighted by Gasteiger charge is -2.21. The molecule has 1 unspecified atom stereocenters. The highest BCUT2D eigenvalue weighted by Crippen LogP contribution is 2.39. The first kappa shape index (κ1) is 20.7. The summed E-state index contributed by atoms with van der Waals surface area (Å²) in [5, 5.41) is 12.7. The van der Waals surface area contributed by atoms with Crippen molar-refractivity contribution in [3.8, 4) is 0 Å². The van der Waals surface area contributed by atoms with Crippen LogP contribution in [0.15, 0.2) is 47.4 Å². The van der Waals surface area contributed by atoms with Crippen molar-refractivity contribution in [1.29, 1.82) is 0 Å². The molecular formula is C25H26FN3O3. The van der Waals surface area contributed by atoms with E-state index in [1.165, 1.54) is 23.4 Å². The Kier molecular flexibility index (Phi) is 5.21. The van der Waals surface area contributed by atoms with Gasteiger partial charge in [0.05, 0.1) is 11.2 Å². The van der Waals surface area contributed by atoms with Crippen LogP contribution in [0.5, 0.6) is 0 Å². The third-order valence-corrected chi connectivity index (χ3v) is 6.63. The van der Waals surface area contributed by atoms with Crippen molar-refractivity contribution in [1.82, 2.24) is 9.88 Å². The number of carboxylic acids is 1. The van der Waals surface area contributed by atoms with Gasteiger partial charge in [-0.05, 0) is 49.6 Å². The second-order valence-electron chi connectivity index (χ2n) is 8.84. The Bertz CT molecular complexity index is 1250. The molecule has 0 amide bonds. The number of aromatic nitrogens is 1. The Balaban J connectivity index is 1.49. The molecule has 6 nitrogen and oxygen atoms in total. The average Bonchev–Trinajstić information content (AvgIpc) is 3.51. The lowest BCUT2D eigenvalue weighted by Crippen LogP contribution is -2.22. The van der Waals surface area contributed by atoms with Gasteiger partial charge < -0.3 is 19.9 Å². The molecule has 3 aromatic rings. The Morgan fingerprint density at radius 1 is 1.19 bits per heavy atom. The Morgan fingerprint density at radius 3 is 2.59 bits per heavy atom. The molecule has 32 heavy (non-hydrogen) atoms. The van der Waals surface area contributed by atoms with Gasteiger partial charge in [-0.25, -0.2) is 9.18 Å². The molecule has 166 valence electrons. The van der Waals surface area contributed by atoms with Gasteiger partial charge in [0.1, 0.15) is 11.4 Å². The van der Waals surface area contributed by atoms with Crippen molar-refractivity contribution < 1.29 is 14.3 Å². The third-order valence-electron chi connectivity index (χ3n) is 6.63. The zero-order valence-corrected chi connectivity index (χ0v) is 18.0. The number of fused-ring (bicyclic) bond motifs is 1. The molecule has 7 heteroatoms. The van der Waals surface area contributed by atoms with Crippen molar-refractivity contribution in [3.05, 3.63) is 75.3 Å². The fourth-order valence-corrected chi connectivity index (χ4v) is 4.77. The lowest BCUT2D eigenvalue weighted by molar-refractivity contribution is 0.0695. The van der Waals surface area contributed by atoms with Gasteiger partial charge >= 0.3 is 5.97 Å². The highest BCUT2D eigenvalue weighted by atomic mass is 19.1. The molecule has 0 bridgehead atoms. The monoisotopic (exact) mass is 435 g/mol. The molecule has 0 radical (unpaired) electrons.